The number of carbonyl (C=O) groups excluding carboxylic acids is 1. The number of likely N-dealkylation sites (N-methyl/N-ethyl adjacent to an activating group) is 1. The maximum absolute atomic E-state index is 13.7. The number of nitrogens with zero attached hydrogens (tertiary/aromatic N) is 1. The largest absolute Gasteiger partial charge is 0.337 e. The van der Waals surface area contributed by atoms with Crippen LogP contribution in [-0.4, -0.2) is 22.9 Å². The summed E-state index contributed by atoms with van der Waals surface area (Å²) in [7, 11) is 0. The molecule has 0 unspecified atom stereocenters. The third-order valence-corrected chi connectivity index (χ3v) is 4.25. The molecule has 2 rings (SSSR count). The van der Waals surface area contributed by atoms with Crippen molar-refractivity contribution >= 4 is 18.3 Å². The summed E-state index contributed by atoms with van der Waals surface area (Å²) in [4.78, 5) is 14.1. The third-order valence-electron chi connectivity index (χ3n) is 4.25. The van der Waals surface area contributed by atoms with Gasteiger partial charge in [0.1, 0.15) is 11.6 Å². The second-order valence-corrected chi connectivity index (χ2v) is 5.74. The Morgan fingerprint density at radius 2 is 1.77 bits per heavy atom. The first-order valence-corrected chi connectivity index (χ1v) is 7.49. The van der Waals surface area contributed by atoms with Crippen molar-refractivity contribution in [3.8, 4) is 0 Å². The molecule has 0 atom stereocenters. The minimum atomic E-state index is -0.879. The lowest BCUT2D eigenvalue weighted by Gasteiger charge is -2.36. The van der Waals surface area contributed by atoms with Crippen molar-refractivity contribution in [2.45, 2.75) is 51.1 Å². The van der Waals surface area contributed by atoms with Crippen molar-refractivity contribution in [1.29, 1.82) is 0 Å². The monoisotopic (exact) mass is 332 g/mol. The number of hydrogen-bond acceptors (Lipinski definition) is 2. The first-order chi connectivity index (χ1) is 9.98. The average molecular weight is 333 g/mol. The van der Waals surface area contributed by atoms with Crippen molar-refractivity contribution < 1.29 is 13.6 Å². The van der Waals surface area contributed by atoms with E-state index >= 15 is 0 Å². The highest BCUT2D eigenvalue weighted by atomic mass is 35.5. The molecule has 1 aromatic rings. The van der Waals surface area contributed by atoms with Gasteiger partial charge in [0.2, 0.25) is 5.91 Å². The molecule has 0 aromatic heterocycles. The molecule has 22 heavy (non-hydrogen) atoms. The fraction of sp³-hybridized carbons (Fsp3) is 0.562. The Hall–Kier alpha value is -1.20. The number of benzene rings is 1. The Balaban J connectivity index is 0.00000242. The molecular formula is C16H23ClF2N2O. The normalized spacial score (nSPS) is 16.7. The second-order valence-electron chi connectivity index (χ2n) is 5.74. The van der Waals surface area contributed by atoms with E-state index in [4.69, 9.17) is 5.73 Å². The molecule has 0 bridgehead atoms. The van der Waals surface area contributed by atoms with Crippen LogP contribution < -0.4 is 5.73 Å². The van der Waals surface area contributed by atoms with Crippen LogP contribution in [0.4, 0.5) is 8.78 Å². The highest BCUT2D eigenvalue weighted by Gasteiger charge is 2.38. The van der Waals surface area contributed by atoms with Crippen LogP contribution in [0.3, 0.4) is 0 Å². The van der Waals surface area contributed by atoms with E-state index in [1.165, 1.54) is 23.1 Å². The second kappa shape index (κ2) is 7.88. The Kier molecular flexibility index (Phi) is 6.75. The lowest BCUT2D eigenvalue weighted by molar-refractivity contribution is -0.138. The first kappa shape index (κ1) is 18.8. The van der Waals surface area contributed by atoms with Gasteiger partial charge in [0.25, 0.3) is 0 Å². The van der Waals surface area contributed by atoms with Crippen LogP contribution in [0.15, 0.2) is 18.2 Å². The summed E-state index contributed by atoms with van der Waals surface area (Å²) in [6.07, 6.45) is 4.21. The number of halogens is 3. The molecule has 1 aliphatic carbocycles. The van der Waals surface area contributed by atoms with Crippen LogP contribution in [0.5, 0.6) is 0 Å². The molecule has 1 fully saturated rings. The summed E-state index contributed by atoms with van der Waals surface area (Å²) in [5, 5.41) is 0. The molecule has 0 saturated heterocycles. The number of nitrogens with two attached hydrogens (primary N) is 1. The molecule has 1 amide bonds. The minimum absolute atomic E-state index is 0. The van der Waals surface area contributed by atoms with Crippen LogP contribution in [-0.2, 0) is 11.3 Å². The van der Waals surface area contributed by atoms with E-state index in [0.717, 1.165) is 19.3 Å². The number of rotatable bonds is 4. The fourth-order valence-electron chi connectivity index (χ4n) is 2.91. The molecule has 3 nitrogen and oxygen atoms in total. The van der Waals surface area contributed by atoms with Gasteiger partial charge in [-0.15, -0.1) is 12.4 Å². The highest BCUT2D eigenvalue weighted by molar-refractivity contribution is 5.86. The molecule has 2 N–H and O–H groups in total. The zero-order chi connectivity index (χ0) is 15.5. The highest BCUT2D eigenvalue weighted by Crippen LogP contribution is 2.28. The molecule has 124 valence electrons. The Labute approximate surface area is 136 Å². The Bertz CT molecular complexity index is 499. The zero-order valence-electron chi connectivity index (χ0n) is 12.8. The van der Waals surface area contributed by atoms with E-state index in [1.54, 1.807) is 6.92 Å². The summed E-state index contributed by atoms with van der Waals surface area (Å²) in [5.41, 5.74) is 5.27. The summed E-state index contributed by atoms with van der Waals surface area (Å²) in [5.74, 6) is -1.46. The SMILES string of the molecule is CCN(Cc1c(F)cccc1F)C(=O)C1(N)CCCCC1.Cl. The Morgan fingerprint density at radius 3 is 2.27 bits per heavy atom. The van der Waals surface area contributed by atoms with Crippen LogP contribution >= 0.6 is 12.4 Å². The van der Waals surface area contributed by atoms with E-state index in [0.29, 0.717) is 19.4 Å². The lowest BCUT2D eigenvalue weighted by Crippen LogP contribution is -2.56. The topological polar surface area (TPSA) is 46.3 Å². The van der Waals surface area contributed by atoms with Gasteiger partial charge in [-0.2, -0.15) is 0 Å². The standard InChI is InChI=1S/C16H22F2N2O.ClH/c1-2-20(11-12-13(17)7-6-8-14(12)18)15(21)16(19)9-4-3-5-10-16;/h6-8H,2-5,9-11,19H2,1H3;1H. The maximum atomic E-state index is 13.7. The van der Waals surface area contributed by atoms with Crippen molar-refractivity contribution in [2.75, 3.05) is 6.54 Å². The van der Waals surface area contributed by atoms with Gasteiger partial charge in [0.05, 0.1) is 12.1 Å². The van der Waals surface area contributed by atoms with Crippen LogP contribution in [0.2, 0.25) is 0 Å². The van der Waals surface area contributed by atoms with Gasteiger partial charge in [-0.05, 0) is 31.9 Å². The van der Waals surface area contributed by atoms with Gasteiger partial charge < -0.3 is 10.6 Å². The quantitative estimate of drug-likeness (QED) is 0.918. The van der Waals surface area contributed by atoms with Gasteiger partial charge in [-0.25, -0.2) is 8.78 Å². The number of hydrogen-bond donors (Lipinski definition) is 1. The fourth-order valence-corrected chi connectivity index (χ4v) is 2.91. The molecule has 1 aliphatic rings. The summed E-state index contributed by atoms with van der Waals surface area (Å²) in [6.45, 7) is 2.10. The van der Waals surface area contributed by atoms with Gasteiger partial charge >= 0.3 is 0 Å². The molecular weight excluding hydrogens is 310 g/mol. The molecule has 1 aromatic carbocycles. The Morgan fingerprint density at radius 1 is 1.23 bits per heavy atom. The minimum Gasteiger partial charge on any atom is -0.337 e. The lowest BCUT2D eigenvalue weighted by atomic mass is 9.81. The molecule has 0 heterocycles. The van der Waals surface area contributed by atoms with Crippen LogP contribution in [0, 0.1) is 11.6 Å². The average Bonchev–Trinajstić information content (AvgIpc) is 2.47. The number of amides is 1. The van der Waals surface area contributed by atoms with E-state index in [1.807, 2.05) is 0 Å². The van der Waals surface area contributed by atoms with Crippen molar-refractivity contribution in [2.24, 2.45) is 5.73 Å². The number of carbonyl (C=O) groups is 1. The molecule has 0 spiro atoms. The van der Waals surface area contributed by atoms with Crippen LogP contribution in [0.25, 0.3) is 0 Å². The predicted molar refractivity (Wildman–Crippen MR) is 84.7 cm³/mol. The maximum Gasteiger partial charge on any atom is 0.242 e. The first-order valence-electron chi connectivity index (χ1n) is 7.49. The van der Waals surface area contributed by atoms with Gasteiger partial charge in [-0.3, -0.25) is 4.79 Å². The molecule has 0 radical (unpaired) electrons. The smallest absolute Gasteiger partial charge is 0.242 e. The zero-order valence-corrected chi connectivity index (χ0v) is 13.6. The molecule has 6 heteroatoms. The molecule has 0 aliphatic heterocycles. The van der Waals surface area contributed by atoms with Gasteiger partial charge in [0.15, 0.2) is 0 Å². The molecule has 1 saturated carbocycles. The third kappa shape index (κ3) is 3.96. The van der Waals surface area contributed by atoms with E-state index in [9.17, 15) is 13.6 Å². The summed E-state index contributed by atoms with van der Waals surface area (Å²) in [6, 6.07) is 3.73. The van der Waals surface area contributed by atoms with Crippen molar-refractivity contribution in [3.63, 3.8) is 0 Å². The van der Waals surface area contributed by atoms with Crippen molar-refractivity contribution in [1.82, 2.24) is 4.90 Å². The summed E-state index contributed by atoms with van der Waals surface area (Å²) >= 11 is 0. The van der Waals surface area contributed by atoms with E-state index in [-0.39, 0.29) is 30.4 Å². The van der Waals surface area contributed by atoms with E-state index < -0.39 is 17.2 Å². The predicted octanol–water partition coefficient (Wildman–Crippen LogP) is 3.40. The summed E-state index contributed by atoms with van der Waals surface area (Å²) < 4.78 is 27.5. The van der Waals surface area contributed by atoms with Crippen molar-refractivity contribution in [3.05, 3.63) is 35.4 Å². The van der Waals surface area contributed by atoms with Gasteiger partial charge in [0, 0.05) is 12.1 Å². The van der Waals surface area contributed by atoms with E-state index in [2.05, 4.69) is 0 Å². The van der Waals surface area contributed by atoms with Gasteiger partial charge in [-0.1, -0.05) is 25.3 Å². The van der Waals surface area contributed by atoms with Crippen LogP contribution in [0.1, 0.15) is 44.6 Å².